The van der Waals surface area contributed by atoms with Crippen LogP contribution in [0.4, 0.5) is 0 Å². The van der Waals surface area contributed by atoms with Gasteiger partial charge >= 0.3 is 5.97 Å². The normalized spacial score (nSPS) is 10.7. The van der Waals surface area contributed by atoms with Gasteiger partial charge in [-0.3, -0.25) is 0 Å². The van der Waals surface area contributed by atoms with Crippen molar-refractivity contribution in [1.29, 1.82) is 0 Å². The summed E-state index contributed by atoms with van der Waals surface area (Å²) in [6.07, 6.45) is 1.72. The van der Waals surface area contributed by atoms with E-state index >= 15 is 0 Å². The Hall–Kier alpha value is -2.20. The van der Waals surface area contributed by atoms with E-state index < -0.39 is 5.97 Å². The summed E-state index contributed by atoms with van der Waals surface area (Å²) in [7, 11) is 0. The summed E-state index contributed by atoms with van der Waals surface area (Å²) in [5, 5.41) is 20.2. The van der Waals surface area contributed by atoms with E-state index in [9.17, 15) is 15.0 Å². The molecule has 4 nitrogen and oxygen atoms in total. The van der Waals surface area contributed by atoms with Crippen molar-refractivity contribution in [2.75, 3.05) is 6.61 Å². The maximum absolute atomic E-state index is 12.4. The molecule has 2 aromatic carbocycles. The smallest absolute Gasteiger partial charge is 0.338 e. The summed E-state index contributed by atoms with van der Waals surface area (Å²) in [6, 6.07) is 6.14. The van der Waals surface area contributed by atoms with Crippen LogP contribution in [0.5, 0.6) is 11.5 Å². The largest absolute Gasteiger partial charge is 0.508 e. The van der Waals surface area contributed by atoms with E-state index in [4.69, 9.17) is 16.3 Å². The first-order valence-electron chi connectivity index (χ1n) is 7.86. The highest BCUT2D eigenvalue weighted by atomic mass is 35.5. The van der Waals surface area contributed by atoms with Crippen molar-refractivity contribution >= 4 is 17.6 Å². The third-order valence-electron chi connectivity index (χ3n) is 3.90. The van der Waals surface area contributed by atoms with Gasteiger partial charge < -0.3 is 14.9 Å². The fourth-order valence-electron chi connectivity index (χ4n) is 2.47. The van der Waals surface area contributed by atoms with Crippen LogP contribution in [0.25, 0.3) is 11.1 Å². The summed E-state index contributed by atoms with van der Waals surface area (Å²) in [5.74, 6) is -0.316. The van der Waals surface area contributed by atoms with Gasteiger partial charge in [-0.2, -0.15) is 0 Å². The van der Waals surface area contributed by atoms with E-state index in [2.05, 4.69) is 0 Å². The molecule has 0 spiro atoms. The molecule has 0 aliphatic rings. The van der Waals surface area contributed by atoms with Gasteiger partial charge in [-0.05, 0) is 50.1 Å². The highest BCUT2D eigenvalue weighted by Gasteiger charge is 2.19. The van der Waals surface area contributed by atoms with Crippen LogP contribution in [0.1, 0.15) is 41.3 Å². The van der Waals surface area contributed by atoms with Crippen LogP contribution in [-0.2, 0) is 4.74 Å². The standard InChI is InChI=1S/C19H21ClO4/c1-4-5-8-24-19(23)14-7-6-13(21)10-15(14)16-9-11(2)18(22)12(3)17(16)20/h6-7,9-10,21-22H,4-5,8H2,1-3H3. The number of aryl methyl sites for hydroxylation is 1. The molecule has 0 unspecified atom stereocenters. The number of esters is 1. The molecule has 0 aliphatic heterocycles. The average molecular weight is 349 g/mol. The SMILES string of the molecule is CCCCOC(=O)c1ccc(O)cc1-c1cc(C)c(O)c(C)c1Cl. The Labute approximate surface area is 146 Å². The summed E-state index contributed by atoms with van der Waals surface area (Å²) >= 11 is 6.37. The van der Waals surface area contributed by atoms with Crippen LogP contribution in [0, 0.1) is 13.8 Å². The van der Waals surface area contributed by atoms with E-state index in [0.717, 1.165) is 12.8 Å². The number of phenols is 2. The summed E-state index contributed by atoms with van der Waals surface area (Å²) in [5.41, 5.74) is 2.55. The topological polar surface area (TPSA) is 66.8 Å². The van der Waals surface area contributed by atoms with E-state index in [1.54, 1.807) is 19.9 Å². The number of hydrogen-bond acceptors (Lipinski definition) is 4. The van der Waals surface area contributed by atoms with Gasteiger partial charge in [0.05, 0.1) is 17.2 Å². The number of unbranched alkanes of at least 4 members (excludes halogenated alkanes) is 1. The first-order valence-corrected chi connectivity index (χ1v) is 8.23. The van der Waals surface area contributed by atoms with Gasteiger partial charge in [0.25, 0.3) is 0 Å². The lowest BCUT2D eigenvalue weighted by atomic mass is 9.95. The highest BCUT2D eigenvalue weighted by Crippen LogP contribution is 2.40. The Morgan fingerprint density at radius 1 is 1.17 bits per heavy atom. The van der Waals surface area contributed by atoms with E-state index in [-0.39, 0.29) is 11.5 Å². The molecule has 24 heavy (non-hydrogen) atoms. The maximum Gasteiger partial charge on any atom is 0.338 e. The second-order valence-corrected chi connectivity index (χ2v) is 6.13. The second-order valence-electron chi connectivity index (χ2n) is 5.75. The van der Waals surface area contributed by atoms with E-state index in [1.165, 1.54) is 18.2 Å². The van der Waals surface area contributed by atoms with Gasteiger partial charge in [-0.15, -0.1) is 0 Å². The molecule has 0 aromatic heterocycles. The molecule has 0 saturated heterocycles. The van der Waals surface area contributed by atoms with Crippen molar-refractivity contribution in [2.45, 2.75) is 33.6 Å². The zero-order valence-electron chi connectivity index (χ0n) is 14.0. The molecule has 2 rings (SSSR count). The van der Waals surface area contributed by atoms with Gasteiger partial charge in [0.15, 0.2) is 0 Å². The Kier molecular flexibility index (Phi) is 5.73. The maximum atomic E-state index is 12.4. The number of aromatic hydroxyl groups is 2. The van der Waals surface area contributed by atoms with E-state index in [0.29, 0.717) is 39.4 Å². The second kappa shape index (κ2) is 7.58. The molecular weight excluding hydrogens is 328 g/mol. The predicted molar refractivity (Wildman–Crippen MR) is 94.9 cm³/mol. The van der Waals surface area contributed by atoms with Crippen LogP contribution < -0.4 is 0 Å². The Morgan fingerprint density at radius 3 is 2.54 bits per heavy atom. The fourth-order valence-corrected chi connectivity index (χ4v) is 2.71. The van der Waals surface area contributed by atoms with Gasteiger partial charge in [-0.25, -0.2) is 4.79 Å². The molecule has 5 heteroatoms. The first-order chi connectivity index (χ1) is 11.4. The summed E-state index contributed by atoms with van der Waals surface area (Å²) in [4.78, 5) is 12.4. The molecule has 0 aliphatic carbocycles. The molecule has 0 radical (unpaired) electrons. The predicted octanol–water partition coefficient (Wildman–Crippen LogP) is 4.99. The monoisotopic (exact) mass is 348 g/mol. The van der Waals surface area contributed by atoms with Crippen LogP contribution in [-0.4, -0.2) is 22.8 Å². The molecular formula is C19H21ClO4. The lowest BCUT2D eigenvalue weighted by Crippen LogP contribution is -2.08. The average Bonchev–Trinajstić information content (AvgIpc) is 2.56. The van der Waals surface area contributed by atoms with Crippen molar-refractivity contribution in [3.63, 3.8) is 0 Å². The quantitative estimate of drug-likeness (QED) is 0.590. The van der Waals surface area contributed by atoms with Gasteiger partial charge in [0, 0.05) is 16.7 Å². The Bertz CT molecular complexity index is 768. The molecule has 2 N–H and O–H groups in total. The van der Waals surface area contributed by atoms with Crippen LogP contribution in [0.15, 0.2) is 24.3 Å². The first kappa shape index (κ1) is 18.1. The Morgan fingerprint density at radius 2 is 1.88 bits per heavy atom. The molecule has 0 atom stereocenters. The molecule has 0 bridgehead atoms. The number of benzene rings is 2. The van der Waals surface area contributed by atoms with Gasteiger partial charge in [-0.1, -0.05) is 24.9 Å². The number of phenolic OH excluding ortho intramolecular Hbond substituents is 2. The van der Waals surface area contributed by atoms with Crippen molar-refractivity contribution < 1.29 is 19.7 Å². The fraction of sp³-hybridized carbons (Fsp3) is 0.316. The molecule has 2 aromatic rings. The van der Waals surface area contributed by atoms with Crippen molar-refractivity contribution in [3.8, 4) is 22.6 Å². The number of rotatable bonds is 5. The number of carbonyl (C=O) groups excluding carboxylic acids is 1. The molecule has 0 heterocycles. The minimum Gasteiger partial charge on any atom is -0.508 e. The minimum absolute atomic E-state index is 0.0227. The third-order valence-corrected chi connectivity index (χ3v) is 4.39. The van der Waals surface area contributed by atoms with Crippen molar-refractivity contribution in [3.05, 3.63) is 46.0 Å². The zero-order chi connectivity index (χ0) is 17.9. The minimum atomic E-state index is -0.460. The zero-order valence-corrected chi connectivity index (χ0v) is 14.8. The lowest BCUT2D eigenvalue weighted by molar-refractivity contribution is 0.0500. The molecule has 0 fully saturated rings. The number of carbonyl (C=O) groups is 1. The number of halogens is 1. The van der Waals surface area contributed by atoms with Crippen molar-refractivity contribution in [1.82, 2.24) is 0 Å². The van der Waals surface area contributed by atoms with Crippen LogP contribution in [0.3, 0.4) is 0 Å². The molecule has 0 amide bonds. The van der Waals surface area contributed by atoms with Gasteiger partial charge in [0.1, 0.15) is 11.5 Å². The summed E-state index contributed by atoms with van der Waals surface area (Å²) in [6.45, 7) is 5.82. The highest BCUT2D eigenvalue weighted by molar-refractivity contribution is 6.34. The van der Waals surface area contributed by atoms with E-state index in [1.807, 2.05) is 6.92 Å². The van der Waals surface area contributed by atoms with Crippen LogP contribution >= 0.6 is 11.6 Å². The lowest BCUT2D eigenvalue weighted by Gasteiger charge is -2.15. The summed E-state index contributed by atoms with van der Waals surface area (Å²) < 4.78 is 5.28. The van der Waals surface area contributed by atoms with Crippen LogP contribution in [0.2, 0.25) is 5.02 Å². The van der Waals surface area contributed by atoms with Gasteiger partial charge in [0.2, 0.25) is 0 Å². The number of hydrogen-bond donors (Lipinski definition) is 2. The third kappa shape index (κ3) is 3.65. The Balaban J connectivity index is 2.55. The van der Waals surface area contributed by atoms with Crippen molar-refractivity contribution in [2.24, 2.45) is 0 Å². The molecule has 128 valence electrons. The number of ether oxygens (including phenoxy) is 1. The molecule has 0 saturated carbocycles.